The van der Waals surface area contributed by atoms with Crippen LogP contribution in [0.4, 0.5) is 17.6 Å². The number of halogens is 4. The highest BCUT2D eigenvalue weighted by Gasteiger charge is 2.31. The summed E-state index contributed by atoms with van der Waals surface area (Å²) in [5.74, 6) is -1.56. The largest absolute Gasteiger partial charge is 0.468 e. The first-order chi connectivity index (χ1) is 8.33. The second-order valence-corrected chi connectivity index (χ2v) is 3.51. The van der Waals surface area contributed by atoms with Gasteiger partial charge in [0.2, 0.25) is 0 Å². The second kappa shape index (κ2) is 5.81. The van der Waals surface area contributed by atoms with Gasteiger partial charge in [0.25, 0.3) is 0 Å². The van der Waals surface area contributed by atoms with E-state index in [2.05, 4.69) is 4.74 Å². The van der Waals surface area contributed by atoms with Crippen molar-refractivity contribution in [3.63, 3.8) is 0 Å². The molecule has 0 aliphatic carbocycles. The van der Waals surface area contributed by atoms with Gasteiger partial charge in [-0.2, -0.15) is 13.2 Å². The maximum Gasteiger partial charge on any atom is 0.401 e. The summed E-state index contributed by atoms with van der Waals surface area (Å²) in [5, 5.41) is 1.99. The highest BCUT2D eigenvalue weighted by Crippen LogP contribution is 2.19. The Morgan fingerprint density at radius 1 is 1.44 bits per heavy atom. The van der Waals surface area contributed by atoms with Gasteiger partial charge in [0.1, 0.15) is 11.9 Å². The maximum atomic E-state index is 13.0. The predicted octanol–water partition coefficient (Wildman–Crippen LogP) is 2.19. The molecule has 1 N–H and O–H groups in total. The second-order valence-electron chi connectivity index (χ2n) is 3.51. The molecular formula is C11H11F4NO2. The topological polar surface area (TPSA) is 38.3 Å². The van der Waals surface area contributed by atoms with Crippen LogP contribution in [-0.4, -0.2) is 25.8 Å². The van der Waals surface area contributed by atoms with Crippen molar-refractivity contribution in [2.75, 3.05) is 13.7 Å². The van der Waals surface area contributed by atoms with Crippen LogP contribution < -0.4 is 5.32 Å². The summed E-state index contributed by atoms with van der Waals surface area (Å²) >= 11 is 0. The molecule has 18 heavy (non-hydrogen) atoms. The van der Waals surface area contributed by atoms with E-state index in [9.17, 15) is 22.4 Å². The lowest BCUT2D eigenvalue weighted by Crippen LogP contribution is -2.36. The lowest BCUT2D eigenvalue weighted by molar-refractivity contribution is -0.146. The number of carbonyl (C=O) groups is 1. The molecular weight excluding hydrogens is 254 g/mol. The molecule has 3 nitrogen and oxygen atoms in total. The van der Waals surface area contributed by atoms with E-state index in [1.165, 1.54) is 12.1 Å². The Morgan fingerprint density at radius 2 is 2.11 bits per heavy atom. The molecule has 1 rings (SSSR count). The molecule has 0 saturated carbocycles. The third kappa shape index (κ3) is 4.33. The third-order valence-electron chi connectivity index (χ3n) is 2.13. The number of hydrogen-bond acceptors (Lipinski definition) is 3. The average Bonchev–Trinajstić information content (AvgIpc) is 2.27. The molecule has 1 aromatic carbocycles. The molecule has 0 aromatic heterocycles. The van der Waals surface area contributed by atoms with E-state index in [0.29, 0.717) is 0 Å². The molecule has 0 saturated heterocycles. The van der Waals surface area contributed by atoms with Crippen LogP contribution in [0.1, 0.15) is 11.6 Å². The lowest BCUT2D eigenvalue weighted by atomic mass is 10.1. The summed E-state index contributed by atoms with van der Waals surface area (Å²) in [4.78, 5) is 11.4. The van der Waals surface area contributed by atoms with Crippen LogP contribution in [-0.2, 0) is 9.53 Å². The van der Waals surface area contributed by atoms with Gasteiger partial charge in [-0.1, -0.05) is 12.1 Å². The van der Waals surface area contributed by atoms with E-state index in [0.717, 1.165) is 19.2 Å². The standard InChI is InChI=1S/C11H11F4NO2/c1-18-10(17)9(16-6-11(13,14)15)7-3-2-4-8(12)5-7/h2-5,9,16H,6H2,1H3. The highest BCUT2D eigenvalue weighted by atomic mass is 19.4. The van der Waals surface area contributed by atoms with Crippen molar-refractivity contribution in [1.82, 2.24) is 5.32 Å². The Hall–Kier alpha value is -1.63. The van der Waals surface area contributed by atoms with Crippen LogP contribution in [0.2, 0.25) is 0 Å². The first kappa shape index (κ1) is 14.4. The van der Waals surface area contributed by atoms with E-state index in [-0.39, 0.29) is 5.56 Å². The third-order valence-corrected chi connectivity index (χ3v) is 2.13. The van der Waals surface area contributed by atoms with E-state index in [1.54, 1.807) is 0 Å². The van der Waals surface area contributed by atoms with Crippen LogP contribution in [0.15, 0.2) is 24.3 Å². The van der Waals surface area contributed by atoms with Gasteiger partial charge in [-0.05, 0) is 17.7 Å². The van der Waals surface area contributed by atoms with E-state index >= 15 is 0 Å². The molecule has 0 bridgehead atoms. The van der Waals surface area contributed by atoms with Gasteiger partial charge < -0.3 is 4.74 Å². The van der Waals surface area contributed by atoms with Crippen molar-refractivity contribution < 1.29 is 27.1 Å². The Morgan fingerprint density at radius 3 is 2.61 bits per heavy atom. The number of alkyl halides is 3. The summed E-state index contributed by atoms with van der Waals surface area (Å²) in [5.41, 5.74) is 0.0751. The lowest BCUT2D eigenvalue weighted by Gasteiger charge is -2.18. The average molecular weight is 265 g/mol. The van der Waals surface area contributed by atoms with E-state index in [4.69, 9.17) is 0 Å². The van der Waals surface area contributed by atoms with Crippen molar-refractivity contribution in [1.29, 1.82) is 0 Å². The van der Waals surface area contributed by atoms with Gasteiger partial charge in [0.05, 0.1) is 13.7 Å². The summed E-state index contributed by atoms with van der Waals surface area (Å²) in [6.45, 7) is -1.37. The molecule has 7 heteroatoms. The number of ether oxygens (including phenoxy) is 1. The smallest absolute Gasteiger partial charge is 0.401 e. The predicted molar refractivity (Wildman–Crippen MR) is 55.2 cm³/mol. The zero-order valence-electron chi connectivity index (χ0n) is 9.42. The molecule has 0 heterocycles. The Labute approximate surface area is 101 Å². The summed E-state index contributed by atoms with van der Waals surface area (Å²) in [6.07, 6.45) is -4.47. The maximum absolute atomic E-state index is 13.0. The van der Waals surface area contributed by atoms with Gasteiger partial charge in [-0.15, -0.1) is 0 Å². The van der Waals surface area contributed by atoms with Crippen LogP contribution >= 0.6 is 0 Å². The fourth-order valence-electron chi connectivity index (χ4n) is 1.36. The van der Waals surface area contributed by atoms with Crippen molar-refractivity contribution in [2.45, 2.75) is 12.2 Å². The van der Waals surface area contributed by atoms with Gasteiger partial charge >= 0.3 is 12.1 Å². The molecule has 0 amide bonds. The SMILES string of the molecule is COC(=O)C(NCC(F)(F)F)c1cccc(F)c1. The molecule has 0 fully saturated rings. The first-order valence-electron chi connectivity index (χ1n) is 4.97. The van der Waals surface area contributed by atoms with Gasteiger partial charge in [0.15, 0.2) is 0 Å². The molecule has 0 radical (unpaired) electrons. The number of benzene rings is 1. The number of carbonyl (C=O) groups excluding carboxylic acids is 1. The van der Waals surface area contributed by atoms with Crippen LogP contribution in [0.5, 0.6) is 0 Å². The molecule has 100 valence electrons. The summed E-state index contributed by atoms with van der Waals surface area (Å²) in [6, 6.07) is 3.39. The van der Waals surface area contributed by atoms with Crippen molar-refractivity contribution in [2.24, 2.45) is 0 Å². The van der Waals surface area contributed by atoms with Gasteiger partial charge in [-0.3, -0.25) is 5.32 Å². The summed E-state index contributed by atoms with van der Waals surface area (Å²) < 4.78 is 53.6. The number of methoxy groups -OCH3 is 1. The Bertz CT molecular complexity index is 420. The van der Waals surface area contributed by atoms with E-state index < -0.39 is 30.5 Å². The van der Waals surface area contributed by atoms with Crippen LogP contribution in [0.25, 0.3) is 0 Å². The first-order valence-corrected chi connectivity index (χ1v) is 4.97. The van der Waals surface area contributed by atoms with Crippen molar-refractivity contribution in [3.05, 3.63) is 35.6 Å². The molecule has 0 aliphatic rings. The highest BCUT2D eigenvalue weighted by molar-refractivity contribution is 5.77. The minimum absolute atomic E-state index is 0.0751. The monoisotopic (exact) mass is 265 g/mol. The van der Waals surface area contributed by atoms with Crippen LogP contribution in [0.3, 0.4) is 0 Å². The van der Waals surface area contributed by atoms with Crippen molar-refractivity contribution in [3.8, 4) is 0 Å². The zero-order valence-corrected chi connectivity index (χ0v) is 9.42. The Kier molecular flexibility index (Phi) is 4.66. The van der Waals surface area contributed by atoms with Crippen molar-refractivity contribution >= 4 is 5.97 Å². The van der Waals surface area contributed by atoms with Crippen LogP contribution in [0, 0.1) is 5.82 Å². The summed E-state index contributed by atoms with van der Waals surface area (Å²) in [7, 11) is 1.05. The molecule has 1 unspecified atom stereocenters. The minimum atomic E-state index is -4.47. The van der Waals surface area contributed by atoms with E-state index in [1.807, 2.05) is 5.32 Å². The fraction of sp³-hybridized carbons (Fsp3) is 0.364. The number of nitrogens with one attached hydrogen (secondary N) is 1. The minimum Gasteiger partial charge on any atom is -0.468 e. The number of hydrogen-bond donors (Lipinski definition) is 1. The quantitative estimate of drug-likeness (QED) is 0.670. The Balaban J connectivity index is 2.88. The van der Waals surface area contributed by atoms with Gasteiger partial charge in [0, 0.05) is 0 Å². The number of esters is 1. The molecule has 0 aliphatic heterocycles. The molecule has 1 atom stereocenters. The van der Waals surface area contributed by atoms with Gasteiger partial charge in [-0.25, -0.2) is 9.18 Å². The zero-order chi connectivity index (χ0) is 13.8. The molecule has 0 spiro atoms. The fourth-order valence-corrected chi connectivity index (χ4v) is 1.36. The number of rotatable bonds is 4. The molecule has 1 aromatic rings. The normalized spacial score (nSPS) is 13.2.